The Morgan fingerprint density at radius 1 is 0.971 bits per heavy atom. The number of allylic oxidation sites excluding steroid dienone is 1. The number of alkyl halides is 1. The van der Waals surface area contributed by atoms with Gasteiger partial charge in [0.1, 0.15) is 11.5 Å². The van der Waals surface area contributed by atoms with E-state index in [1.807, 2.05) is 0 Å². The van der Waals surface area contributed by atoms with Crippen molar-refractivity contribution in [3.63, 3.8) is 0 Å². The lowest BCUT2D eigenvalue weighted by molar-refractivity contribution is -0.149. The van der Waals surface area contributed by atoms with Crippen molar-refractivity contribution >= 4 is 5.97 Å². The predicted octanol–water partition coefficient (Wildman–Crippen LogP) is 1.33. The number of fused-ring (bicyclic) bond motifs is 1. The summed E-state index contributed by atoms with van der Waals surface area (Å²) in [6.07, 6.45) is -0.138. The van der Waals surface area contributed by atoms with Crippen LogP contribution in [0.5, 0.6) is 28.7 Å². The van der Waals surface area contributed by atoms with Gasteiger partial charge in [-0.3, -0.25) is 0 Å². The van der Waals surface area contributed by atoms with E-state index in [2.05, 4.69) is 0 Å². The number of phenols is 4. The lowest BCUT2D eigenvalue weighted by atomic mass is 9.71. The number of phenolic OH excluding ortho intramolecular Hbond substituents is 4. The number of halogens is 1. The van der Waals surface area contributed by atoms with Crippen LogP contribution in [0.1, 0.15) is 11.1 Å². The SMILES string of the molecule is O=C(O)C1=C(C2COc3cc(O)ccc3C2)C(O)(O)C(O)=C(O)C1(F)c1cc(O)c(O)c(O)c1. The first-order valence-corrected chi connectivity index (χ1v) is 9.75. The number of rotatable bonds is 3. The Bertz CT molecular complexity index is 1260. The van der Waals surface area contributed by atoms with Crippen molar-refractivity contribution in [2.45, 2.75) is 17.9 Å². The first-order valence-electron chi connectivity index (χ1n) is 9.75. The molecule has 1 aliphatic heterocycles. The minimum absolute atomic E-state index is 0.126. The molecule has 180 valence electrons. The number of carboxylic acid groups (broad SMARTS) is 1. The second-order valence-corrected chi connectivity index (χ2v) is 7.99. The number of benzene rings is 2. The summed E-state index contributed by atoms with van der Waals surface area (Å²) in [7, 11) is 0. The molecule has 2 atom stereocenters. The van der Waals surface area contributed by atoms with Gasteiger partial charge in [0.2, 0.25) is 5.67 Å². The summed E-state index contributed by atoms with van der Waals surface area (Å²) in [5.41, 5.74) is -6.60. The molecule has 0 fully saturated rings. The smallest absolute Gasteiger partial charge is 0.335 e. The van der Waals surface area contributed by atoms with E-state index in [1.54, 1.807) is 0 Å². The molecule has 0 radical (unpaired) electrons. The summed E-state index contributed by atoms with van der Waals surface area (Å²) in [6, 6.07) is 4.98. The third-order valence-electron chi connectivity index (χ3n) is 5.92. The highest BCUT2D eigenvalue weighted by atomic mass is 19.1. The molecule has 1 aliphatic carbocycles. The topological polar surface area (TPSA) is 208 Å². The maximum absolute atomic E-state index is 16.5. The fourth-order valence-electron chi connectivity index (χ4n) is 4.32. The Balaban J connectivity index is 1.99. The van der Waals surface area contributed by atoms with Crippen LogP contribution in [-0.4, -0.2) is 64.3 Å². The molecule has 0 aromatic heterocycles. The van der Waals surface area contributed by atoms with Crippen molar-refractivity contribution < 1.29 is 59.9 Å². The molecule has 11 nitrogen and oxygen atoms in total. The van der Waals surface area contributed by atoms with Crippen LogP contribution in [-0.2, 0) is 16.9 Å². The molecule has 2 aromatic rings. The second-order valence-electron chi connectivity index (χ2n) is 7.99. The van der Waals surface area contributed by atoms with Crippen molar-refractivity contribution in [1.29, 1.82) is 0 Å². The maximum Gasteiger partial charge on any atom is 0.335 e. The van der Waals surface area contributed by atoms with Gasteiger partial charge in [-0.2, -0.15) is 0 Å². The van der Waals surface area contributed by atoms with Gasteiger partial charge in [-0.15, -0.1) is 0 Å². The molecule has 0 amide bonds. The van der Waals surface area contributed by atoms with Gasteiger partial charge in [0.25, 0.3) is 5.79 Å². The lowest BCUT2D eigenvalue weighted by Gasteiger charge is -2.41. The molecule has 2 unspecified atom stereocenters. The van der Waals surface area contributed by atoms with E-state index < -0.39 is 75.4 Å². The standard InChI is InChI=1S/C22H19FO11/c23-21(10-4-12(25)17(27)13(26)5-10)16(20(30)31)15(22(32,33)19(29)18(21)28)9-3-8-1-2-11(24)6-14(8)34-7-9/h1-2,4-6,9,24-29,32-33H,3,7H2,(H,30,31). The molecule has 12 heteroatoms. The summed E-state index contributed by atoms with van der Waals surface area (Å²) in [4.78, 5) is 12.3. The molecular formula is C22H19FO11. The van der Waals surface area contributed by atoms with Gasteiger partial charge in [0.05, 0.1) is 12.2 Å². The van der Waals surface area contributed by atoms with Gasteiger partial charge in [-0.05, 0) is 30.2 Å². The van der Waals surface area contributed by atoms with Gasteiger partial charge in [0.15, 0.2) is 28.8 Å². The molecular weight excluding hydrogens is 459 g/mol. The third-order valence-corrected chi connectivity index (χ3v) is 5.92. The lowest BCUT2D eigenvalue weighted by Crippen LogP contribution is -2.50. The molecule has 0 spiro atoms. The number of aliphatic hydroxyl groups excluding tert-OH is 2. The largest absolute Gasteiger partial charge is 0.508 e. The monoisotopic (exact) mass is 478 g/mol. The molecule has 0 saturated carbocycles. The number of hydrogen-bond acceptors (Lipinski definition) is 10. The number of aromatic hydroxyl groups is 4. The normalized spacial score (nSPS) is 23.9. The Hall–Kier alpha value is -4.16. The fourth-order valence-corrected chi connectivity index (χ4v) is 4.32. The van der Waals surface area contributed by atoms with Gasteiger partial charge in [-0.25, -0.2) is 9.18 Å². The molecule has 1 heterocycles. The van der Waals surface area contributed by atoms with E-state index >= 15 is 4.39 Å². The van der Waals surface area contributed by atoms with E-state index in [1.165, 1.54) is 18.2 Å². The maximum atomic E-state index is 16.5. The van der Waals surface area contributed by atoms with Crippen LogP contribution in [0.25, 0.3) is 0 Å². The van der Waals surface area contributed by atoms with Crippen LogP contribution in [0.3, 0.4) is 0 Å². The number of hydrogen-bond donors (Lipinski definition) is 9. The number of carboxylic acids is 1. The quantitative estimate of drug-likeness (QED) is 0.227. The Morgan fingerprint density at radius 2 is 1.59 bits per heavy atom. The molecule has 0 bridgehead atoms. The summed E-state index contributed by atoms with van der Waals surface area (Å²) >= 11 is 0. The summed E-state index contributed by atoms with van der Waals surface area (Å²) in [5.74, 6) is -13.5. The molecule has 2 aliphatic rings. The first-order chi connectivity index (χ1) is 15.8. The van der Waals surface area contributed by atoms with Crippen molar-refractivity contribution in [1.82, 2.24) is 0 Å². The highest BCUT2D eigenvalue weighted by Gasteiger charge is 2.60. The van der Waals surface area contributed by atoms with Crippen molar-refractivity contribution in [3.05, 3.63) is 64.1 Å². The highest BCUT2D eigenvalue weighted by Crippen LogP contribution is 2.54. The van der Waals surface area contributed by atoms with Crippen LogP contribution in [0.4, 0.5) is 4.39 Å². The van der Waals surface area contributed by atoms with Gasteiger partial charge < -0.3 is 50.7 Å². The number of aliphatic hydroxyl groups is 4. The Labute approximate surface area is 189 Å². The van der Waals surface area contributed by atoms with Crippen LogP contribution >= 0.6 is 0 Å². The van der Waals surface area contributed by atoms with Crippen molar-refractivity contribution in [3.8, 4) is 28.7 Å². The van der Waals surface area contributed by atoms with Crippen molar-refractivity contribution in [2.75, 3.05) is 6.61 Å². The number of carbonyl (C=O) groups is 1. The number of aliphatic carboxylic acids is 1. The van der Waals surface area contributed by atoms with Gasteiger partial charge in [0, 0.05) is 23.1 Å². The van der Waals surface area contributed by atoms with Crippen LogP contribution in [0.15, 0.2) is 53.0 Å². The Morgan fingerprint density at radius 3 is 2.18 bits per heavy atom. The molecule has 9 N–H and O–H groups in total. The van der Waals surface area contributed by atoms with Crippen LogP contribution < -0.4 is 4.74 Å². The average Bonchev–Trinajstić information content (AvgIpc) is 2.77. The minimum Gasteiger partial charge on any atom is -0.508 e. The molecule has 34 heavy (non-hydrogen) atoms. The van der Waals surface area contributed by atoms with Crippen molar-refractivity contribution in [2.24, 2.45) is 5.92 Å². The van der Waals surface area contributed by atoms with E-state index in [4.69, 9.17) is 4.74 Å². The van der Waals surface area contributed by atoms with Crippen LogP contribution in [0.2, 0.25) is 0 Å². The fraction of sp³-hybridized carbons (Fsp3) is 0.227. The summed E-state index contributed by atoms with van der Waals surface area (Å²) in [5, 5.41) is 90.7. The van der Waals surface area contributed by atoms with E-state index in [0.717, 1.165) is 0 Å². The van der Waals surface area contributed by atoms with Crippen LogP contribution in [0, 0.1) is 5.92 Å². The molecule has 4 rings (SSSR count). The zero-order chi connectivity index (χ0) is 25.2. The summed E-state index contributed by atoms with van der Waals surface area (Å²) < 4.78 is 22.0. The van der Waals surface area contributed by atoms with Gasteiger partial charge >= 0.3 is 5.97 Å². The Kier molecular flexibility index (Phi) is 5.03. The second kappa shape index (κ2) is 7.43. The van der Waals surface area contributed by atoms with E-state index in [9.17, 15) is 50.8 Å². The highest BCUT2D eigenvalue weighted by molar-refractivity contribution is 5.93. The zero-order valence-corrected chi connectivity index (χ0v) is 17.1. The van der Waals surface area contributed by atoms with Gasteiger partial charge in [-0.1, -0.05) is 6.07 Å². The minimum atomic E-state index is -3.70. The molecule has 2 aromatic carbocycles. The number of ether oxygens (including phenoxy) is 1. The zero-order valence-electron chi connectivity index (χ0n) is 17.1. The third kappa shape index (κ3) is 3.15. The van der Waals surface area contributed by atoms with E-state index in [-0.39, 0.29) is 17.9 Å². The summed E-state index contributed by atoms with van der Waals surface area (Å²) in [6.45, 7) is -0.429. The molecule has 0 saturated heterocycles. The average molecular weight is 478 g/mol. The first kappa shape index (κ1) is 23.0. The predicted molar refractivity (Wildman–Crippen MR) is 109 cm³/mol. The van der Waals surface area contributed by atoms with E-state index in [0.29, 0.717) is 17.7 Å².